The lowest BCUT2D eigenvalue weighted by Crippen LogP contribution is -2.15. The Morgan fingerprint density at radius 1 is 1.67 bits per heavy atom. The molecule has 2 heterocycles. The summed E-state index contributed by atoms with van der Waals surface area (Å²) in [7, 11) is 0. The molecule has 0 saturated carbocycles. The average molecular weight is 183 g/mol. The summed E-state index contributed by atoms with van der Waals surface area (Å²) in [5, 5.41) is 17.2. The van der Waals surface area contributed by atoms with E-state index in [-0.39, 0.29) is 6.10 Å². The Kier molecular flexibility index (Phi) is 2.44. The van der Waals surface area contributed by atoms with Crippen molar-refractivity contribution in [3.05, 3.63) is 22.4 Å². The van der Waals surface area contributed by atoms with E-state index in [4.69, 9.17) is 0 Å². The molecule has 1 aromatic heterocycles. The van der Waals surface area contributed by atoms with Crippen molar-refractivity contribution < 1.29 is 5.11 Å². The summed E-state index contributed by atoms with van der Waals surface area (Å²) in [6, 6.07) is 2.01. The molecule has 1 aliphatic rings. The lowest BCUT2D eigenvalue weighted by Gasteiger charge is -2.15. The molecular formula is C9H13NOS. The van der Waals surface area contributed by atoms with Gasteiger partial charge in [-0.1, -0.05) is 0 Å². The summed E-state index contributed by atoms with van der Waals surface area (Å²) in [4.78, 5) is 0. The van der Waals surface area contributed by atoms with Crippen molar-refractivity contribution in [3.8, 4) is 0 Å². The largest absolute Gasteiger partial charge is 0.388 e. The Balaban J connectivity index is 2.04. The van der Waals surface area contributed by atoms with Crippen LogP contribution in [-0.2, 0) is 0 Å². The van der Waals surface area contributed by atoms with Crippen LogP contribution in [-0.4, -0.2) is 18.2 Å². The van der Waals surface area contributed by atoms with E-state index in [2.05, 4.69) is 5.32 Å². The first-order chi connectivity index (χ1) is 5.88. The van der Waals surface area contributed by atoms with Gasteiger partial charge in [-0.2, -0.15) is 11.3 Å². The van der Waals surface area contributed by atoms with Crippen LogP contribution in [0, 0.1) is 5.92 Å². The Hall–Kier alpha value is -0.380. The van der Waals surface area contributed by atoms with E-state index in [0.717, 1.165) is 25.1 Å². The molecule has 1 aliphatic heterocycles. The van der Waals surface area contributed by atoms with Gasteiger partial charge in [0.25, 0.3) is 0 Å². The highest BCUT2D eigenvalue weighted by atomic mass is 32.1. The van der Waals surface area contributed by atoms with Crippen LogP contribution >= 0.6 is 11.3 Å². The van der Waals surface area contributed by atoms with Crippen molar-refractivity contribution in [1.82, 2.24) is 5.32 Å². The number of aliphatic hydroxyl groups is 1. The number of nitrogens with one attached hydrogen (secondary N) is 1. The topological polar surface area (TPSA) is 32.3 Å². The fourth-order valence-corrected chi connectivity index (χ4v) is 2.35. The van der Waals surface area contributed by atoms with Crippen molar-refractivity contribution in [2.75, 3.05) is 13.1 Å². The molecule has 0 aliphatic carbocycles. The van der Waals surface area contributed by atoms with Gasteiger partial charge in [-0.15, -0.1) is 0 Å². The molecular weight excluding hydrogens is 170 g/mol. The van der Waals surface area contributed by atoms with Crippen molar-refractivity contribution in [3.63, 3.8) is 0 Å². The van der Waals surface area contributed by atoms with Crippen LogP contribution in [0.2, 0.25) is 0 Å². The minimum atomic E-state index is -0.258. The molecule has 2 N–H and O–H groups in total. The van der Waals surface area contributed by atoms with Gasteiger partial charge < -0.3 is 10.4 Å². The van der Waals surface area contributed by atoms with Crippen LogP contribution in [0.25, 0.3) is 0 Å². The third-order valence-corrected chi connectivity index (χ3v) is 3.13. The highest BCUT2D eigenvalue weighted by Gasteiger charge is 2.24. The summed E-state index contributed by atoms with van der Waals surface area (Å²) < 4.78 is 0. The third-order valence-electron chi connectivity index (χ3n) is 2.43. The zero-order chi connectivity index (χ0) is 8.39. The van der Waals surface area contributed by atoms with Gasteiger partial charge in [0, 0.05) is 12.5 Å². The summed E-state index contributed by atoms with van der Waals surface area (Å²) in [5.41, 5.74) is 1.08. The number of rotatable bonds is 2. The van der Waals surface area contributed by atoms with Gasteiger partial charge in [0.05, 0.1) is 6.10 Å². The molecule has 66 valence electrons. The highest BCUT2D eigenvalue weighted by molar-refractivity contribution is 7.07. The first-order valence-electron chi connectivity index (χ1n) is 4.29. The van der Waals surface area contributed by atoms with Gasteiger partial charge in [0.15, 0.2) is 0 Å². The van der Waals surface area contributed by atoms with Gasteiger partial charge in [0.1, 0.15) is 0 Å². The van der Waals surface area contributed by atoms with Crippen molar-refractivity contribution in [2.24, 2.45) is 5.92 Å². The van der Waals surface area contributed by atoms with Gasteiger partial charge in [-0.05, 0) is 35.4 Å². The van der Waals surface area contributed by atoms with E-state index >= 15 is 0 Å². The summed E-state index contributed by atoms with van der Waals surface area (Å²) in [6.45, 7) is 2.00. The Morgan fingerprint density at radius 3 is 3.17 bits per heavy atom. The average Bonchev–Trinajstić information content (AvgIpc) is 2.77. The second kappa shape index (κ2) is 3.56. The normalized spacial score (nSPS) is 25.9. The van der Waals surface area contributed by atoms with E-state index in [0.29, 0.717) is 5.92 Å². The van der Waals surface area contributed by atoms with Crippen molar-refractivity contribution in [2.45, 2.75) is 12.5 Å². The van der Waals surface area contributed by atoms with Crippen LogP contribution in [0.4, 0.5) is 0 Å². The fraction of sp³-hybridized carbons (Fsp3) is 0.556. The predicted molar refractivity (Wildman–Crippen MR) is 50.3 cm³/mol. The second-order valence-electron chi connectivity index (χ2n) is 3.25. The smallest absolute Gasteiger partial charge is 0.0838 e. The summed E-state index contributed by atoms with van der Waals surface area (Å²) >= 11 is 1.65. The van der Waals surface area contributed by atoms with Gasteiger partial charge >= 0.3 is 0 Å². The van der Waals surface area contributed by atoms with Crippen LogP contribution < -0.4 is 5.32 Å². The second-order valence-corrected chi connectivity index (χ2v) is 4.03. The van der Waals surface area contributed by atoms with E-state index in [1.54, 1.807) is 11.3 Å². The van der Waals surface area contributed by atoms with Gasteiger partial charge in [0.2, 0.25) is 0 Å². The first-order valence-corrected chi connectivity index (χ1v) is 5.23. The number of hydrogen-bond acceptors (Lipinski definition) is 3. The zero-order valence-electron chi connectivity index (χ0n) is 6.86. The molecule has 1 unspecified atom stereocenters. The molecule has 3 heteroatoms. The lowest BCUT2D eigenvalue weighted by atomic mass is 9.97. The minimum Gasteiger partial charge on any atom is -0.388 e. The number of thiophene rings is 1. The predicted octanol–water partition coefficient (Wildman–Crippen LogP) is 1.39. The number of hydrogen-bond donors (Lipinski definition) is 2. The highest BCUT2D eigenvalue weighted by Crippen LogP contribution is 2.27. The fourth-order valence-electron chi connectivity index (χ4n) is 1.66. The van der Waals surface area contributed by atoms with Crippen LogP contribution in [0.3, 0.4) is 0 Å². The van der Waals surface area contributed by atoms with Crippen LogP contribution in [0.15, 0.2) is 16.8 Å². The quantitative estimate of drug-likeness (QED) is 0.726. The lowest BCUT2D eigenvalue weighted by molar-refractivity contribution is 0.118. The minimum absolute atomic E-state index is 0.258. The molecule has 2 nitrogen and oxygen atoms in total. The molecule has 0 bridgehead atoms. The van der Waals surface area contributed by atoms with Crippen LogP contribution in [0.1, 0.15) is 18.1 Å². The SMILES string of the molecule is OC(c1ccsc1)[C@@H]1CCNC1. The Labute approximate surface area is 76.2 Å². The molecule has 0 spiro atoms. The molecule has 1 aromatic rings. The maximum Gasteiger partial charge on any atom is 0.0838 e. The zero-order valence-corrected chi connectivity index (χ0v) is 7.68. The van der Waals surface area contributed by atoms with E-state index in [9.17, 15) is 5.11 Å². The van der Waals surface area contributed by atoms with Gasteiger partial charge in [-0.3, -0.25) is 0 Å². The molecule has 2 atom stereocenters. The summed E-state index contributed by atoms with van der Waals surface area (Å²) in [5.74, 6) is 0.416. The van der Waals surface area contributed by atoms with Crippen LogP contribution in [0.5, 0.6) is 0 Å². The van der Waals surface area contributed by atoms with Crippen molar-refractivity contribution >= 4 is 11.3 Å². The maximum absolute atomic E-state index is 9.88. The molecule has 0 aromatic carbocycles. The third kappa shape index (κ3) is 1.53. The molecule has 0 amide bonds. The van der Waals surface area contributed by atoms with E-state index < -0.39 is 0 Å². The van der Waals surface area contributed by atoms with E-state index in [1.165, 1.54) is 0 Å². The summed E-state index contributed by atoms with van der Waals surface area (Å²) in [6.07, 6.45) is 0.836. The molecule has 1 saturated heterocycles. The Morgan fingerprint density at radius 2 is 2.58 bits per heavy atom. The first kappa shape index (κ1) is 8.23. The van der Waals surface area contributed by atoms with Gasteiger partial charge in [-0.25, -0.2) is 0 Å². The maximum atomic E-state index is 9.88. The van der Waals surface area contributed by atoms with E-state index in [1.807, 2.05) is 16.8 Å². The van der Waals surface area contributed by atoms with Crippen molar-refractivity contribution in [1.29, 1.82) is 0 Å². The molecule has 1 fully saturated rings. The molecule has 12 heavy (non-hydrogen) atoms. The molecule has 2 rings (SSSR count). The standard InChI is InChI=1S/C9H13NOS/c11-9(7-1-3-10-5-7)8-2-4-12-6-8/h2,4,6-7,9-11H,1,3,5H2/t7-,9?/m1/s1. The number of aliphatic hydroxyl groups excluding tert-OH is 1. The monoisotopic (exact) mass is 183 g/mol. The molecule has 0 radical (unpaired) electrons. The Bertz CT molecular complexity index is 229.